The first-order valence-corrected chi connectivity index (χ1v) is 6.84. The Labute approximate surface area is 115 Å². The molecule has 0 heterocycles. The SMILES string of the molecule is Cc1cc(F)c(C(C)NCC(C)(C)C(C)C)cc1F. The minimum atomic E-state index is -0.354. The van der Waals surface area contributed by atoms with Gasteiger partial charge in [0, 0.05) is 18.2 Å². The Balaban J connectivity index is 2.79. The summed E-state index contributed by atoms with van der Waals surface area (Å²) in [6.45, 7) is 12.9. The van der Waals surface area contributed by atoms with Gasteiger partial charge >= 0.3 is 0 Å². The summed E-state index contributed by atoms with van der Waals surface area (Å²) in [5.74, 6) is -0.179. The van der Waals surface area contributed by atoms with Gasteiger partial charge in [0.05, 0.1) is 0 Å². The third-order valence-electron chi connectivity index (χ3n) is 4.17. The van der Waals surface area contributed by atoms with Gasteiger partial charge in [0.25, 0.3) is 0 Å². The van der Waals surface area contributed by atoms with Crippen molar-refractivity contribution in [1.82, 2.24) is 5.32 Å². The van der Waals surface area contributed by atoms with Crippen LogP contribution in [0.2, 0.25) is 0 Å². The Morgan fingerprint density at radius 3 is 2.21 bits per heavy atom. The van der Waals surface area contributed by atoms with Crippen LogP contribution in [0.5, 0.6) is 0 Å². The molecule has 0 radical (unpaired) electrons. The topological polar surface area (TPSA) is 12.0 Å². The van der Waals surface area contributed by atoms with Crippen molar-refractivity contribution in [3.8, 4) is 0 Å². The van der Waals surface area contributed by atoms with Crippen LogP contribution >= 0.6 is 0 Å². The summed E-state index contributed by atoms with van der Waals surface area (Å²) in [6, 6.07) is 2.36. The van der Waals surface area contributed by atoms with Gasteiger partial charge in [0.1, 0.15) is 11.6 Å². The second kappa shape index (κ2) is 6.00. The van der Waals surface area contributed by atoms with Crippen LogP contribution in [0.15, 0.2) is 12.1 Å². The predicted octanol–water partition coefficient (Wildman–Crippen LogP) is 4.61. The van der Waals surface area contributed by atoms with Gasteiger partial charge in [-0.25, -0.2) is 8.78 Å². The molecule has 0 aliphatic carbocycles. The van der Waals surface area contributed by atoms with Crippen LogP contribution in [-0.4, -0.2) is 6.54 Å². The first-order valence-electron chi connectivity index (χ1n) is 6.84. The summed E-state index contributed by atoms with van der Waals surface area (Å²) < 4.78 is 27.4. The van der Waals surface area contributed by atoms with Gasteiger partial charge in [-0.05, 0) is 42.9 Å². The Hall–Kier alpha value is -0.960. The van der Waals surface area contributed by atoms with Crippen molar-refractivity contribution in [2.45, 2.75) is 47.6 Å². The first-order chi connectivity index (χ1) is 8.65. The fourth-order valence-electron chi connectivity index (χ4n) is 1.72. The van der Waals surface area contributed by atoms with Crippen molar-refractivity contribution in [3.63, 3.8) is 0 Å². The Morgan fingerprint density at radius 1 is 1.11 bits per heavy atom. The van der Waals surface area contributed by atoms with Crippen LogP contribution in [0.4, 0.5) is 8.78 Å². The largest absolute Gasteiger partial charge is 0.310 e. The van der Waals surface area contributed by atoms with Gasteiger partial charge < -0.3 is 5.32 Å². The zero-order valence-corrected chi connectivity index (χ0v) is 12.8. The summed E-state index contributed by atoms with van der Waals surface area (Å²) in [4.78, 5) is 0. The third kappa shape index (κ3) is 4.00. The monoisotopic (exact) mass is 269 g/mol. The highest BCUT2D eigenvalue weighted by Gasteiger charge is 2.23. The van der Waals surface area contributed by atoms with Crippen LogP contribution in [0.25, 0.3) is 0 Å². The molecule has 1 aromatic rings. The van der Waals surface area contributed by atoms with E-state index in [2.05, 4.69) is 33.0 Å². The molecule has 1 rings (SSSR count). The maximum atomic E-state index is 13.9. The molecule has 0 spiro atoms. The molecule has 19 heavy (non-hydrogen) atoms. The summed E-state index contributed by atoms with van der Waals surface area (Å²) in [6.07, 6.45) is 0. The van der Waals surface area contributed by atoms with Crippen molar-refractivity contribution in [2.75, 3.05) is 6.54 Å². The van der Waals surface area contributed by atoms with Crippen LogP contribution in [0.3, 0.4) is 0 Å². The molecule has 3 heteroatoms. The molecule has 1 N–H and O–H groups in total. The molecule has 0 bridgehead atoms. The predicted molar refractivity (Wildman–Crippen MR) is 76.1 cm³/mol. The molecule has 0 fully saturated rings. The lowest BCUT2D eigenvalue weighted by Gasteiger charge is -2.31. The molecule has 0 amide bonds. The van der Waals surface area contributed by atoms with E-state index in [0.717, 1.165) is 6.54 Å². The summed E-state index contributed by atoms with van der Waals surface area (Å²) in [7, 11) is 0. The normalized spacial score (nSPS) is 13.9. The van der Waals surface area contributed by atoms with Gasteiger partial charge in [0.2, 0.25) is 0 Å². The van der Waals surface area contributed by atoms with Gasteiger partial charge in [-0.1, -0.05) is 27.7 Å². The first kappa shape index (κ1) is 16.1. The smallest absolute Gasteiger partial charge is 0.128 e. The van der Waals surface area contributed by atoms with E-state index in [4.69, 9.17) is 0 Å². The highest BCUT2D eigenvalue weighted by atomic mass is 19.1. The second-order valence-corrected chi connectivity index (χ2v) is 6.37. The minimum absolute atomic E-state index is 0.119. The fourth-order valence-corrected chi connectivity index (χ4v) is 1.72. The zero-order chi connectivity index (χ0) is 14.8. The Kier molecular flexibility index (Phi) is 5.08. The molecule has 0 saturated carbocycles. The molecule has 1 atom stereocenters. The lowest BCUT2D eigenvalue weighted by molar-refractivity contribution is 0.230. The number of nitrogens with one attached hydrogen (secondary N) is 1. The number of hydrogen-bond donors (Lipinski definition) is 1. The average Bonchev–Trinajstić information content (AvgIpc) is 2.30. The molecule has 0 aromatic heterocycles. The van der Waals surface area contributed by atoms with E-state index in [1.54, 1.807) is 6.92 Å². The number of rotatable bonds is 5. The van der Waals surface area contributed by atoms with E-state index in [1.807, 2.05) is 6.92 Å². The van der Waals surface area contributed by atoms with Crippen molar-refractivity contribution >= 4 is 0 Å². The number of hydrogen-bond acceptors (Lipinski definition) is 1. The van der Waals surface area contributed by atoms with Crippen LogP contribution in [-0.2, 0) is 0 Å². The van der Waals surface area contributed by atoms with Gasteiger partial charge in [-0.2, -0.15) is 0 Å². The van der Waals surface area contributed by atoms with E-state index in [9.17, 15) is 8.78 Å². The summed E-state index contributed by atoms with van der Waals surface area (Å²) in [5.41, 5.74) is 0.854. The minimum Gasteiger partial charge on any atom is -0.310 e. The van der Waals surface area contributed by atoms with Gasteiger partial charge in [0.15, 0.2) is 0 Å². The van der Waals surface area contributed by atoms with Gasteiger partial charge in [-0.15, -0.1) is 0 Å². The molecule has 0 aliphatic rings. The van der Waals surface area contributed by atoms with E-state index in [-0.39, 0.29) is 23.1 Å². The Bertz CT molecular complexity index is 439. The lowest BCUT2D eigenvalue weighted by Crippen LogP contribution is -2.35. The summed E-state index contributed by atoms with van der Waals surface area (Å²) in [5, 5.41) is 3.30. The van der Waals surface area contributed by atoms with Gasteiger partial charge in [-0.3, -0.25) is 0 Å². The van der Waals surface area contributed by atoms with Crippen molar-refractivity contribution in [2.24, 2.45) is 11.3 Å². The number of halogens is 2. The maximum Gasteiger partial charge on any atom is 0.128 e. The van der Waals surface area contributed by atoms with Crippen molar-refractivity contribution < 1.29 is 8.78 Å². The Morgan fingerprint density at radius 2 is 1.68 bits per heavy atom. The number of aryl methyl sites for hydroxylation is 1. The molecule has 108 valence electrons. The number of benzene rings is 1. The molecular formula is C16H25F2N. The average molecular weight is 269 g/mol. The standard InChI is InChI=1S/C16H25F2N/c1-10(2)16(5,6)9-19-12(4)13-8-14(17)11(3)7-15(13)18/h7-8,10,12,19H,9H2,1-6H3. The highest BCUT2D eigenvalue weighted by molar-refractivity contribution is 5.27. The molecule has 0 aliphatic heterocycles. The molecule has 0 saturated heterocycles. The maximum absolute atomic E-state index is 13.9. The summed E-state index contributed by atoms with van der Waals surface area (Å²) >= 11 is 0. The van der Waals surface area contributed by atoms with Crippen LogP contribution in [0, 0.1) is 29.9 Å². The fraction of sp³-hybridized carbons (Fsp3) is 0.625. The molecule has 1 aromatic carbocycles. The van der Waals surface area contributed by atoms with E-state index < -0.39 is 0 Å². The second-order valence-electron chi connectivity index (χ2n) is 6.37. The van der Waals surface area contributed by atoms with Crippen molar-refractivity contribution in [1.29, 1.82) is 0 Å². The molecule has 1 nitrogen and oxygen atoms in total. The van der Waals surface area contributed by atoms with Crippen LogP contribution < -0.4 is 5.32 Å². The quantitative estimate of drug-likeness (QED) is 0.823. The van der Waals surface area contributed by atoms with E-state index in [0.29, 0.717) is 17.0 Å². The third-order valence-corrected chi connectivity index (χ3v) is 4.17. The highest BCUT2D eigenvalue weighted by Crippen LogP contribution is 2.27. The van der Waals surface area contributed by atoms with Crippen molar-refractivity contribution in [3.05, 3.63) is 34.9 Å². The molecule has 1 unspecified atom stereocenters. The lowest BCUT2D eigenvalue weighted by atomic mass is 9.81. The van der Waals surface area contributed by atoms with Crippen LogP contribution in [0.1, 0.15) is 51.8 Å². The zero-order valence-electron chi connectivity index (χ0n) is 12.8. The van der Waals surface area contributed by atoms with E-state index in [1.165, 1.54) is 12.1 Å². The molecular weight excluding hydrogens is 244 g/mol. The van der Waals surface area contributed by atoms with E-state index >= 15 is 0 Å².